The second kappa shape index (κ2) is 9.08. The van der Waals surface area contributed by atoms with Crippen LogP contribution in [0.1, 0.15) is 0 Å². The van der Waals surface area contributed by atoms with E-state index in [0.717, 1.165) is 54.5 Å². The molecule has 0 aliphatic rings. The molecule has 174 valence electrons. The molecule has 0 saturated carbocycles. The maximum Gasteiger partial charge on any atom is 0.269 e. The van der Waals surface area contributed by atoms with E-state index < -0.39 is 4.92 Å². The van der Waals surface area contributed by atoms with E-state index in [0.29, 0.717) is 5.69 Å². The molecule has 0 radical (unpaired) electrons. The highest BCUT2D eigenvalue weighted by Gasteiger charge is 2.19. The molecule has 0 amide bonds. The normalized spacial score (nSPS) is 10.9. The van der Waals surface area contributed by atoms with E-state index in [2.05, 4.69) is 0 Å². The molecular weight excluding hydrogens is 462 g/mol. The SMILES string of the molecule is COc1ccc(-c2cc(-c3ccc(OC)cc3)c3c(N)c(-c4ccc([N+](=O)[O-])cc4)sc3n2)cc1. The number of nitrogens with two attached hydrogens (primary N) is 1. The van der Waals surface area contributed by atoms with Crippen molar-refractivity contribution in [2.24, 2.45) is 0 Å². The van der Waals surface area contributed by atoms with Gasteiger partial charge in [-0.1, -0.05) is 12.1 Å². The molecule has 2 N–H and O–H groups in total. The summed E-state index contributed by atoms with van der Waals surface area (Å²) in [5.41, 5.74) is 11.8. The number of nitrogens with zero attached hydrogens (tertiary/aromatic N) is 2. The molecule has 8 heteroatoms. The number of ether oxygens (including phenoxy) is 2. The summed E-state index contributed by atoms with van der Waals surface area (Å²) in [5, 5.41) is 11.9. The van der Waals surface area contributed by atoms with Crippen molar-refractivity contribution in [2.45, 2.75) is 0 Å². The Morgan fingerprint density at radius 2 is 1.37 bits per heavy atom. The number of nitrogen functional groups attached to an aromatic ring is 1. The van der Waals surface area contributed by atoms with Gasteiger partial charge in [0.2, 0.25) is 0 Å². The number of thiophene rings is 1. The number of anilines is 1. The van der Waals surface area contributed by atoms with Crippen LogP contribution in [-0.4, -0.2) is 24.1 Å². The second-order valence-electron chi connectivity index (χ2n) is 7.84. The lowest BCUT2D eigenvalue weighted by molar-refractivity contribution is -0.384. The highest BCUT2D eigenvalue weighted by atomic mass is 32.1. The number of methoxy groups -OCH3 is 2. The van der Waals surface area contributed by atoms with Crippen LogP contribution in [0.2, 0.25) is 0 Å². The number of hydrogen-bond donors (Lipinski definition) is 1. The zero-order valence-electron chi connectivity index (χ0n) is 19.0. The first-order valence-corrected chi connectivity index (χ1v) is 11.6. The van der Waals surface area contributed by atoms with E-state index in [4.69, 9.17) is 20.2 Å². The Morgan fingerprint density at radius 1 is 0.829 bits per heavy atom. The molecule has 5 aromatic rings. The zero-order valence-corrected chi connectivity index (χ0v) is 19.8. The Hall–Kier alpha value is -4.43. The molecule has 0 bridgehead atoms. The minimum Gasteiger partial charge on any atom is -0.497 e. The largest absolute Gasteiger partial charge is 0.497 e. The Bertz CT molecular complexity index is 1530. The van der Waals surface area contributed by atoms with Gasteiger partial charge in [-0.3, -0.25) is 10.1 Å². The van der Waals surface area contributed by atoms with Gasteiger partial charge in [0.15, 0.2) is 0 Å². The van der Waals surface area contributed by atoms with E-state index in [1.165, 1.54) is 23.5 Å². The van der Waals surface area contributed by atoms with E-state index in [9.17, 15) is 10.1 Å². The van der Waals surface area contributed by atoms with Crippen LogP contribution in [0.3, 0.4) is 0 Å². The van der Waals surface area contributed by atoms with Crippen molar-refractivity contribution in [3.63, 3.8) is 0 Å². The Kier molecular flexibility index (Phi) is 5.80. The summed E-state index contributed by atoms with van der Waals surface area (Å²) in [6, 6.07) is 24.0. The highest BCUT2D eigenvalue weighted by molar-refractivity contribution is 7.22. The van der Waals surface area contributed by atoms with Crippen LogP contribution in [0.5, 0.6) is 11.5 Å². The third-order valence-electron chi connectivity index (χ3n) is 5.83. The fraction of sp³-hybridized carbons (Fsp3) is 0.0741. The van der Waals surface area contributed by atoms with Gasteiger partial charge in [0.05, 0.1) is 35.4 Å². The maximum absolute atomic E-state index is 11.1. The minimum atomic E-state index is -0.414. The van der Waals surface area contributed by atoms with Crippen LogP contribution < -0.4 is 15.2 Å². The fourth-order valence-electron chi connectivity index (χ4n) is 3.98. The van der Waals surface area contributed by atoms with Gasteiger partial charge in [0.1, 0.15) is 16.3 Å². The summed E-state index contributed by atoms with van der Waals surface area (Å²) in [6.07, 6.45) is 0. The number of fused-ring (bicyclic) bond motifs is 1. The molecule has 7 nitrogen and oxygen atoms in total. The quantitative estimate of drug-likeness (QED) is 0.210. The lowest BCUT2D eigenvalue weighted by Gasteiger charge is -2.10. The van der Waals surface area contributed by atoms with Crippen molar-refractivity contribution in [1.82, 2.24) is 4.98 Å². The first-order valence-electron chi connectivity index (χ1n) is 10.7. The van der Waals surface area contributed by atoms with Gasteiger partial charge >= 0.3 is 0 Å². The molecule has 5 rings (SSSR count). The van der Waals surface area contributed by atoms with Crippen molar-refractivity contribution < 1.29 is 14.4 Å². The molecule has 3 aromatic carbocycles. The van der Waals surface area contributed by atoms with Crippen molar-refractivity contribution in [3.8, 4) is 44.3 Å². The predicted octanol–water partition coefficient (Wildman–Crippen LogP) is 6.80. The van der Waals surface area contributed by atoms with Crippen LogP contribution in [0.15, 0.2) is 78.9 Å². The Labute approximate surface area is 205 Å². The van der Waals surface area contributed by atoms with Gasteiger partial charge in [-0.05, 0) is 71.3 Å². The molecule has 0 aliphatic heterocycles. The average Bonchev–Trinajstić information content (AvgIpc) is 3.24. The first kappa shape index (κ1) is 22.4. The molecule has 2 aromatic heterocycles. The van der Waals surface area contributed by atoms with Crippen LogP contribution in [0.4, 0.5) is 11.4 Å². The molecule has 0 saturated heterocycles. The number of nitro benzene ring substituents is 1. The molecular formula is C27H21N3O4S. The number of hydrogen-bond acceptors (Lipinski definition) is 7. The topological polar surface area (TPSA) is 101 Å². The summed E-state index contributed by atoms with van der Waals surface area (Å²) in [4.78, 5) is 17.2. The van der Waals surface area contributed by atoms with E-state index in [1.54, 1.807) is 26.4 Å². The van der Waals surface area contributed by atoms with E-state index >= 15 is 0 Å². The van der Waals surface area contributed by atoms with Crippen LogP contribution in [-0.2, 0) is 0 Å². The number of benzene rings is 3. The summed E-state index contributed by atoms with van der Waals surface area (Å²) in [5.74, 6) is 1.53. The van der Waals surface area contributed by atoms with Crippen molar-refractivity contribution in [1.29, 1.82) is 0 Å². The van der Waals surface area contributed by atoms with Crippen molar-refractivity contribution in [3.05, 3.63) is 89.0 Å². The van der Waals surface area contributed by atoms with Gasteiger partial charge in [0, 0.05) is 23.1 Å². The van der Waals surface area contributed by atoms with Crippen molar-refractivity contribution in [2.75, 3.05) is 20.0 Å². The lowest BCUT2D eigenvalue weighted by Crippen LogP contribution is -1.92. The molecule has 35 heavy (non-hydrogen) atoms. The smallest absolute Gasteiger partial charge is 0.269 e. The number of pyridine rings is 1. The predicted molar refractivity (Wildman–Crippen MR) is 140 cm³/mol. The van der Waals surface area contributed by atoms with Crippen LogP contribution in [0.25, 0.3) is 43.0 Å². The molecule has 0 aliphatic carbocycles. The molecule has 0 fully saturated rings. The number of nitro groups is 1. The summed E-state index contributed by atoms with van der Waals surface area (Å²) < 4.78 is 10.6. The molecule has 0 unspecified atom stereocenters. The third-order valence-corrected chi connectivity index (χ3v) is 6.97. The monoisotopic (exact) mass is 483 g/mol. The Balaban J connectivity index is 1.72. The van der Waals surface area contributed by atoms with Gasteiger partial charge in [0.25, 0.3) is 5.69 Å². The number of rotatable bonds is 6. The van der Waals surface area contributed by atoms with E-state index in [-0.39, 0.29) is 5.69 Å². The molecule has 2 heterocycles. The Morgan fingerprint density at radius 3 is 1.91 bits per heavy atom. The average molecular weight is 484 g/mol. The number of non-ortho nitro benzene ring substituents is 1. The van der Waals surface area contributed by atoms with Crippen LogP contribution >= 0.6 is 11.3 Å². The van der Waals surface area contributed by atoms with Crippen LogP contribution in [0, 0.1) is 10.1 Å². The summed E-state index contributed by atoms with van der Waals surface area (Å²) >= 11 is 1.47. The highest BCUT2D eigenvalue weighted by Crippen LogP contribution is 2.46. The minimum absolute atomic E-state index is 0.0345. The summed E-state index contributed by atoms with van der Waals surface area (Å²) in [6.45, 7) is 0. The van der Waals surface area contributed by atoms with Gasteiger partial charge in [-0.2, -0.15) is 0 Å². The molecule has 0 spiro atoms. The maximum atomic E-state index is 11.1. The zero-order chi connectivity index (χ0) is 24.5. The van der Waals surface area contributed by atoms with Crippen molar-refractivity contribution >= 4 is 32.9 Å². The van der Waals surface area contributed by atoms with Gasteiger partial charge in [-0.15, -0.1) is 11.3 Å². The van der Waals surface area contributed by atoms with E-state index in [1.807, 2.05) is 54.6 Å². The molecule has 0 atom stereocenters. The summed E-state index contributed by atoms with van der Waals surface area (Å²) in [7, 11) is 3.27. The standard InChI is InChI=1S/C27H21N3O4S/c1-33-20-11-5-16(6-12-20)22-15-23(17-7-13-21(34-2)14-8-17)29-27-24(22)25(28)26(35-27)18-3-9-19(10-4-18)30(31)32/h3-15H,28H2,1-2H3. The fourth-order valence-corrected chi connectivity index (χ4v) is 5.10. The lowest BCUT2D eigenvalue weighted by atomic mass is 9.99. The second-order valence-corrected chi connectivity index (χ2v) is 8.84. The van der Waals surface area contributed by atoms with Gasteiger partial charge < -0.3 is 15.2 Å². The third kappa shape index (κ3) is 4.15. The van der Waals surface area contributed by atoms with Gasteiger partial charge in [-0.25, -0.2) is 4.98 Å². The number of aromatic nitrogens is 1. The first-order chi connectivity index (χ1) is 17.0.